The number of benzene rings is 1. The Labute approximate surface area is 121 Å². The normalized spacial score (nSPS) is 11.0. The second-order valence-electron chi connectivity index (χ2n) is 4.44. The van der Waals surface area contributed by atoms with Crippen LogP contribution in [-0.2, 0) is 0 Å². The monoisotopic (exact) mass is 284 g/mol. The van der Waals surface area contributed by atoms with Crippen molar-refractivity contribution in [2.45, 2.75) is 0 Å². The van der Waals surface area contributed by atoms with E-state index in [-0.39, 0.29) is 23.2 Å². The van der Waals surface area contributed by atoms with Crippen LogP contribution in [0.5, 0.6) is 0 Å². The first-order valence-electron chi connectivity index (χ1n) is 6.06. The van der Waals surface area contributed by atoms with Crippen LogP contribution in [0, 0.1) is 17.1 Å². The standard InChI is InChI=1S/C14H13FN6/c1-21(2)14-19-12(18-13(17)20-14)10(8-16)6-9-4-3-5-11(15)7-9/h3-7H,1-2H3,(H2,17,18,19,20)/b10-6+. The summed E-state index contributed by atoms with van der Waals surface area (Å²) in [5.41, 5.74) is 6.34. The van der Waals surface area contributed by atoms with Gasteiger partial charge in [0.15, 0.2) is 5.82 Å². The molecule has 0 aliphatic carbocycles. The Morgan fingerprint density at radius 2 is 2.10 bits per heavy atom. The van der Waals surface area contributed by atoms with Gasteiger partial charge in [-0.2, -0.15) is 20.2 Å². The molecule has 0 fully saturated rings. The van der Waals surface area contributed by atoms with Gasteiger partial charge in [0.1, 0.15) is 11.9 Å². The number of nitrogens with two attached hydrogens (primary N) is 1. The molecule has 1 aromatic heterocycles. The molecule has 0 unspecified atom stereocenters. The molecule has 7 heteroatoms. The summed E-state index contributed by atoms with van der Waals surface area (Å²) < 4.78 is 13.2. The lowest BCUT2D eigenvalue weighted by molar-refractivity contribution is 0.627. The van der Waals surface area contributed by atoms with Crippen LogP contribution >= 0.6 is 0 Å². The number of anilines is 2. The van der Waals surface area contributed by atoms with Crippen LogP contribution in [0.2, 0.25) is 0 Å². The molecule has 0 aliphatic rings. The SMILES string of the molecule is CN(C)c1nc(N)nc(/C(C#N)=C/c2cccc(F)c2)n1. The Morgan fingerprint density at radius 1 is 1.33 bits per heavy atom. The minimum absolute atomic E-state index is 0.0177. The Kier molecular flexibility index (Phi) is 4.09. The molecule has 21 heavy (non-hydrogen) atoms. The first-order valence-corrected chi connectivity index (χ1v) is 6.06. The van der Waals surface area contributed by atoms with Gasteiger partial charge in [-0.15, -0.1) is 0 Å². The molecular formula is C14H13FN6. The van der Waals surface area contributed by atoms with Crippen LogP contribution in [0.1, 0.15) is 11.4 Å². The highest BCUT2D eigenvalue weighted by atomic mass is 19.1. The number of nitriles is 1. The predicted octanol–water partition coefficient (Wildman–Crippen LogP) is 1.72. The molecule has 2 aromatic rings. The van der Waals surface area contributed by atoms with Gasteiger partial charge in [-0.25, -0.2) is 4.39 Å². The van der Waals surface area contributed by atoms with Gasteiger partial charge in [0.2, 0.25) is 11.9 Å². The van der Waals surface area contributed by atoms with Crippen LogP contribution in [0.3, 0.4) is 0 Å². The third kappa shape index (κ3) is 3.51. The van der Waals surface area contributed by atoms with E-state index in [2.05, 4.69) is 15.0 Å². The molecule has 1 aromatic carbocycles. The third-order valence-corrected chi connectivity index (χ3v) is 2.56. The molecule has 0 bridgehead atoms. The minimum atomic E-state index is -0.384. The van der Waals surface area contributed by atoms with E-state index in [1.165, 1.54) is 18.2 Å². The Morgan fingerprint density at radius 3 is 2.71 bits per heavy atom. The summed E-state index contributed by atoms with van der Waals surface area (Å²) in [6, 6.07) is 7.87. The van der Waals surface area contributed by atoms with E-state index in [4.69, 9.17) is 5.73 Å². The maximum atomic E-state index is 13.2. The van der Waals surface area contributed by atoms with E-state index in [1.807, 2.05) is 6.07 Å². The number of aromatic nitrogens is 3. The Hall–Kier alpha value is -3.01. The van der Waals surface area contributed by atoms with Gasteiger partial charge in [-0.05, 0) is 23.8 Å². The fourth-order valence-corrected chi connectivity index (χ4v) is 1.61. The molecule has 1 heterocycles. The second kappa shape index (κ2) is 5.96. The van der Waals surface area contributed by atoms with Gasteiger partial charge in [0.25, 0.3) is 0 Å². The summed E-state index contributed by atoms with van der Waals surface area (Å²) in [5, 5.41) is 9.26. The zero-order chi connectivity index (χ0) is 15.4. The molecule has 0 saturated carbocycles. The highest BCUT2D eigenvalue weighted by Crippen LogP contribution is 2.17. The summed E-state index contributed by atoms with van der Waals surface area (Å²) in [4.78, 5) is 13.7. The van der Waals surface area contributed by atoms with Crippen molar-refractivity contribution < 1.29 is 4.39 Å². The highest BCUT2D eigenvalue weighted by Gasteiger charge is 2.10. The summed E-state index contributed by atoms with van der Waals surface area (Å²) in [6.45, 7) is 0. The van der Waals surface area contributed by atoms with Crippen molar-refractivity contribution in [2.75, 3.05) is 24.7 Å². The highest BCUT2D eigenvalue weighted by molar-refractivity contribution is 5.87. The quantitative estimate of drug-likeness (QED) is 0.863. The summed E-state index contributed by atoms with van der Waals surface area (Å²) in [6.07, 6.45) is 1.50. The topological polar surface area (TPSA) is 91.7 Å². The first-order chi connectivity index (χ1) is 9.99. The number of halogens is 1. The summed E-state index contributed by atoms with van der Waals surface area (Å²) in [7, 11) is 3.50. The van der Waals surface area contributed by atoms with Gasteiger partial charge in [-0.3, -0.25) is 0 Å². The van der Waals surface area contributed by atoms with Crippen LogP contribution in [-0.4, -0.2) is 29.0 Å². The lowest BCUT2D eigenvalue weighted by Crippen LogP contribution is -2.15. The van der Waals surface area contributed by atoms with E-state index in [0.717, 1.165) is 0 Å². The zero-order valence-corrected chi connectivity index (χ0v) is 11.6. The molecule has 0 saturated heterocycles. The van der Waals surface area contributed by atoms with E-state index in [1.54, 1.807) is 31.1 Å². The zero-order valence-electron chi connectivity index (χ0n) is 11.6. The van der Waals surface area contributed by atoms with Crippen LogP contribution in [0.25, 0.3) is 11.6 Å². The average Bonchev–Trinajstić information content (AvgIpc) is 2.44. The van der Waals surface area contributed by atoms with Crippen LogP contribution in [0.4, 0.5) is 16.3 Å². The number of nitrogens with zero attached hydrogens (tertiary/aromatic N) is 5. The van der Waals surface area contributed by atoms with Crippen molar-refractivity contribution in [3.05, 3.63) is 41.5 Å². The molecule has 6 nitrogen and oxygen atoms in total. The van der Waals surface area contributed by atoms with Crippen molar-refractivity contribution in [1.82, 2.24) is 15.0 Å². The molecular weight excluding hydrogens is 271 g/mol. The van der Waals surface area contributed by atoms with Crippen molar-refractivity contribution in [3.63, 3.8) is 0 Å². The predicted molar refractivity (Wildman–Crippen MR) is 78.5 cm³/mol. The first kappa shape index (κ1) is 14.4. The van der Waals surface area contributed by atoms with E-state index >= 15 is 0 Å². The smallest absolute Gasteiger partial charge is 0.230 e. The third-order valence-electron chi connectivity index (χ3n) is 2.56. The fraction of sp³-hybridized carbons (Fsp3) is 0.143. The minimum Gasteiger partial charge on any atom is -0.368 e. The van der Waals surface area contributed by atoms with Gasteiger partial charge in [-0.1, -0.05) is 12.1 Å². The molecule has 2 rings (SSSR count). The Balaban J connectivity index is 2.49. The van der Waals surface area contributed by atoms with Crippen molar-refractivity contribution >= 4 is 23.5 Å². The molecule has 0 atom stereocenters. The van der Waals surface area contributed by atoms with Crippen LogP contribution in [0.15, 0.2) is 24.3 Å². The molecule has 0 aliphatic heterocycles. The number of rotatable bonds is 3. The number of allylic oxidation sites excluding steroid dienone is 1. The number of hydrogen-bond donors (Lipinski definition) is 1. The average molecular weight is 284 g/mol. The number of nitrogen functional groups attached to an aromatic ring is 1. The molecule has 2 N–H and O–H groups in total. The van der Waals surface area contributed by atoms with Crippen molar-refractivity contribution in [2.24, 2.45) is 0 Å². The molecule has 106 valence electrons. The van der Waals surface area contributed by atoms with Gasteiger partial charge in [0, 0.05) is 14.1 Å². The van der Waals surface area contributed by atoms with E-state index in [9.17, 15) is 9.65 Å². The van der Waals surface area contributed by atoms with Gasteiger partial charge in [0.05, 0.1) is 5.57 Å². The Bertz CT molecular complexity index is 732. The van der Waals surface area contributed by atoms with E-state index in [0.29, 0.717) is 11.5 Å². The molecule has 0 radical (unpaired) electrons. The number of hydrogen-bond acceptors (Lipinski definition) is 6. The van der Waals surface area contributed by atoms with Crippen molar-refractivity contribution in [1.29, 1.82) is 5.26 Å². The molecule has 0 spiro atoms. The molecule has 0 amide bonds. The van der Waals surface area contributed by atoms with Crippen LogP contribution < -0.4 is 10.6 Å². The lowest BCUT2D eigenvalue weighted by atomic mass is 10.1. The van der Waals surface area contributed by atoms with Crippen molar-refractivity contribution in [3.8, 4) is 6.07 Å². The van der Waals surface area contributed by atoms with Gasteiger partial charge < -0.3 is 10.6 Å². The largest absolute Gasteiger partial charge is 0.368 e. The van der Waals surface area contributed by atoms with Gasteiger partial charge >= 0.3 is 0 Å². The fourth-order valence-electron chi connectivity index (χ4n) is 1.61. The maximum Gasteiger partial charge on any atom is 0.230 e. The maximum absolute atomic E-state index is 13.2. The summed E-state index contributed by atoms with van der Waals surface area (Å²) >= 11 is 0. The second-order valence-corrected chi connectivity index (χ2v) is 4.44. The summed E-state index contributed by atoms with van der Waals surface area (Å²) in [5.74, 6) is 0.130. The van der Waals surface area contributed by atoms with E-state index < -0.39 is 0 Å². The lowest BCUT2D eigenvalue weighted by Gasteiger charge is -2.10.